The van der Waals surface area contributed by atoms with Gasteiger partial charge in [0.05, 0.1) is 12.3 Å². The zero-order chi connectivity index (χ0) is 11.2. The normalized spacial score (nSPS) is 12.9. The molecule has 0 aliphatic heterocycles. The molecule has 0 aromatic rings. The standard InChI is InChI=1S/C10H24O3Si/c1-9(2)12-7-11-8-14(5,6)13-10(3)4/h9-10H,7-8H2,1-6H3. The largest absolute Gasteiger partial charge is 0.413 e. The first-order chi connectivity index (χ1) is 6.33. The Hall–Kier alpha value is 0.0969. The molecule has 0 saturated heterocycles. The van der Waals surface area contributed by atoms with E-state index < -0.39 is 8.32 Å². The minimum Gasteiger partial charge on any atom is -0.413 e. The van der Waals surface area contributed by atoms with Crippen LogP contribution >= 0.6 is 0 Å². The maximum atomic E-state index is 5.80. The van der Waals surface area contributed by atoms with E-state index in [1.807, 2.05) is 13.8 Å². The molecule has 0 aromatic carbocycles. The van der Waals surface area contributed by atoms with Crippen LogP contribution in [0, 0.1) is 0 Å². The van der Waals surface area contributed by atoms with Gasteiger partial charge in [0.1, 0.15) is 6.79 Å². The molecule has 0 fully saturated rings. The van der Waals surface area contributed by atoms with Crippen molar-refractivity contribution in [2.75, 3.05) is 13.0 Å². The summed E-state index contributed by atoms with van der Waals surface area (Å²) in [5.41, 5.74) is 0. The van der Waals surface area contributed by atoms with Gasteiger partial charge in [-0.05, 0) is 40.8 Å². The molecule has 86 valence electrons. The van der Waals surface area contributed by atoms with Gasteiger partial charge in [0.15, 0.2) is 0 Å². The Morgan fingerprint density at radius 1 is 1.00 bits per heavy atom. The molecule has 0 spiro atoms. The summed E-state index contributed by atoms with van der Waals surface area (Å²) >= 11 is 0. The Balaban J connectivity index is 3.55. The summed E-state index contributed by atoms with van der Waals surface area (Å²) in [5.74, 6) is 0. The van der Waals surface area contributed by atoms with Crippen molar-refractivity contribution < 1.29 is 13.9 Å². The molecule has 4 heteroatoms. The summed E-state index contributed by atoms with van der Waals surface area (Å²) in [6, 6.07) is 0. The topological polar surface area (TPSA) is 27.7 Å². The zero-order valence-corrected chi connectivity index (χ0v) is 11.3. The summed E-state index contributed by atoms with van der Waals surface area (Å²) < 4.78 is 16.5. The summed E-state index contributed by atoms with van der Waals surface area (Å²) in [6.45, 7) is 12.8. The van der Waals surface area contributed by atoms with Gasteiger partial charge in [-0.25, -0.2) is 0 Å². The van der Waals surface area contributed by atoms with E-state index in [0.29, 0.717) is 13.0 Å². The van der Waals surface area contributed by atoms with Crippen LogP contribution in [0.2, 0.25) is 13.1 Å². The van der Waals surface area contributed by atoms with E-state index in [1.165, 1.54) is 0 Å². The van der Waals surface area contributed by atoms with Crippen molar-refractivity contribution in [3.63, 3.8) is 0 Å². The van der Waals surface area contributed by atoms with Crippen LogP contribution < -0.4 is 0 Å². The second-order valence-corrected chi connectivity index (χ2v) is 8.65. The summed E-state index contributed by atoms with van der Waals surface area (Å²) in [6.07, 6.45) is 1.20. The lowest BCUT2D eigenvalue weighted by Crippen LogP contribution is -2.39. The maximum absolute atomic E-state index is 5.80. The Morgan fingerprint density at radius 3 is 2.00 bits per heavy atom. The Morgan fingerprint density at radius 2 is 1.57 bits per heavy atom. The van der Waals surface area contributed by atoms with E-state index in [0.717, 1.165) is 0 Å². The lowest BCUT2D eigenvalue weighted by atomic mass is 10.5. The molecule has 0 radical (unpaired) electrons. The van der Waals surface area contributed by atoms with Crippen LogP contribution in [-0.2, 0) is 13.9 Å². The van der Waals surface area contributed by atoms with Crippen LogP contribution in [0.25, 0.3) is 0 Å². The average Bonchev–Trinajstić information content (AvgIpc) is 1.95. The lowest BCUT2D eigenvalue weighted by Gasteiger charge is -2.25. The highest BCUT2D eigenvalue weighted by molar-refractivity contribution is 6.71. The van der Waals surface area contributed by atoms with Crippen LogP contribution in [0.15, 0.2) is 0 Å². The third kappa shape index (κ3) is 8.68. The Kier molecular flexibility index (Phi) is 6.60. The van der Waals surface area contributed by atoms with Crippen LogP contribution in [0.1, 0.15) is 27.7 Å². The summed E-state index contributed by atoms with van der Waals surface area (Å²) in [4.78, 5) is 0. The van der Waals surface area contributed by atoms with Gasteiger partial charge < -0.3 is 13.9 Å². The van der Waals surface area contributed by atoms with Crippen molar-refractivity contribution in [1.82, 2.24) is 0 Å². The summed E-state index contributed by atoms with van der Waals surface area (Å²) in [5, 5.41) is 0. The van der Waals surface area contributed by atoms with E-state index in [-0.39, 0.29) is 12.2 Å². The predicted octanol–water partition coefficient (Wildman–Crippen LogP) is 2.55. The van der Waals surface area contributed by atoms with Crippen molar-refractivity contribution in [3.8, 4) is 0 Å². The fraction of sp³-hybridized carbons (Fsp3) is 1.00. The summed E-state index contributed by atoms with van der Waals surface area (Å²) in [7, 11) is -1.64. The molecule has 0 aromatic heterocycles. The quantitative estimate of drug-likeness (QED) is 0.375. The van der Waals surface area contributed by atoms with Gasteiger partial charge in [0.25, 0.3) is 0 Å². The highest BCUT2D eigenvalue weighted by atomic mass is 28.4. The monoisotopic (exact) mass is 220 g/mol. The fourth-order valence-corrected chi connectivity index (χ4v) is 3.06. The first kappa shape index (κ1) is 14.1. The molecular formula is C10H24O3Si. The number of hydrogen-bond acceptors (Lipinski definition) is 3. The van der Waals surface area contributed by atoms with Gasteiger partial charge in [-0.2, -0.15) is 0 Å². The molecular weight excluding hydrogens is 196 g/mol. The predicted molar refractivity (Wildman–Crippen MR) is 60.7 cm³/mol. The Bertz CT molecular complexity index is 146. The minimum absolute atomic E-state index is 0.228. The number of ether oxygens (including phenoxy) is 2. The molecule has 0 unspecified atom stereocenters. The van der Waals surface area contributed by atoms with E-state index >= 15 is 0 Å². The molecule has 0 saturated carbocycles. The van der Waals surface area contributed by atoms with Gasteiger partial charge in [0.2, 0.25) is 8.32 Å². The van der Waals surface area contributed by atoms with Crippen LogP contribution in [0.4, 0.5) is 0 Å². The Labute approximate surface area is 88.9 Å². The molecule has 0 N–H and O–H groups in total. The molecule has 0 aliphatic rings. The van der Waals surface area contributed by atoms with Gasteiger partial charge in [0, 0.05) is 6.10 Å². The highest BCUT2D eigenvalue weighted by Crippen LogP contribution is 2.08. The maximum Gasteiger partial charge on any atom is 0.212 e. The molecule has 0 heterocycles. The second-order valence-electron chi connectivity index (χ2n) is 4.61. The van der Waals surface area contributed by atoms with E-state index in [1.54, 1.807) is 0 Å². The first-order valence-electron chi connectivity index (χ1n) is 5.20. The second kappa shape index (κ2) is 6.56. The van der Waals surface area contributed by atoms with E-state index in [4.69, 9.17) is 13.9 Å². The molecule has 3 nitrogen and oxygen atoms in total. The number of hydrogen-bond donors (Lipinski definition) is 0. The average molecular weight is 220 g/mol. The van der Waals surface area contributed by atoms with Crippen LogP contribution in [0.5, 0.6) is 0 Å². The number of rotatable bonds is 7. The van der Waals surface area contributed by atoms with Gasteiger partial charge in [-0.1, -0.05) is 0 Å². The van der Waals surface area contributed by atoms with E-state index in [9.17, 15) is 0 Å². The van der Waals surface area contributed by atoms with Crippen molar-refractivity contribution >= 4 is 8.32 Å². The van der Waals surface area contributed by atoms with Crippen molar-refractivity contribution in [2.45, 2.75) is 53.0 Å². The van der Waals surface area contributed by atoms with Crippen molar-refractivity contribution in [1.29, 1.82) is 0 Å². The molecule has 0 aliphatic carbocycles. The van der Waals surface area contributed by atoms with Crippen molar-refractivity contribution in [3.05, 3.63) is 0 Å². The highest BCUT2D eigenvalue weighted by Gasteiger charge is 2.24. The third-order valence-electron chi connectivity index (χ3n) is 1.49. The van der Waals surface area contributed by atoms with Gasteiger partial charge >= 0.3 is 0 Å². The van der Waals surface area contributed by atoms with E-state index in [2.05, 4.69) is 26.9 Å². The van der Waals surface area contributed by atoms with Crippen LogP contribution in [0.3, 0.4) is 0 Å². The third-order valence-corrected chi connectivity index (χ3v) is 3.50. The zero-order valence-electron chi connectivity index (χ0n) is 10.3. The molecule has 14 heavy (non-hydrogen) atoms. The lowest BCUT2D eigenvalue weighted by molar-refractivity contribution is -0.0696. The SMILES string of the molecule is CC(C)OCOC[Si](C)(C)OC(C)C. The van der Waals surface area contributed by atoms with Crippen LogP contribution in [-0.4, -0.2) is 33.5 Å². The van der Waals surface area contributed by atoms with Crippen molar-refractivity contribution in [2.24, 2.45) is 0 Å². The molecule has 0 amide bonds. The molecule has 0 rings (SSSR count). The van der Waals surface area contributed by atoms with Gasteiger partial charge in [-0.3, -0.25) is 0 Å². The minimum atomic E-state index is -1.64. The smallest absolute Gasteiger partial charge is 0.212 e. The fourth-order valence-electron chi connectivity index (χ4n) is 1.14. The van der Waals surface area contributed by atoms with Gasteiger partial charge in [-0.15, -0.1) is 0 Å². The molecule has 0 bridgehead atoms. The molecule has 0 atom stereocenters. The first-order valence-corrected chi connectivity index (χ1v) is 8.32.